The molecule has 0 saturated carbocycles. The van der Waals surface area contributed by atoms with Gasteiger partial charge in [0.15, 0.2) is 0 Å². The van der Waals surface area contributed by atoms with Crippen molar-refractivity contribution in [3.8, 4) is 6.01 Å². The van der Waals surface area contributed by atoms with Crippen LogP contribution in [0, 0.1) is 0 Å². The van der Waals surface area contributed by atoms with Crippen LogP contribution >= 0.6 is 0 Å². The average molecular weight is 369 g/mol. The molecule has 1 aliphatic rings. The average Bonchev–Trinajstić information content (AvgIpc) is 3.36. The molecule has 140 valence electrons. The van der Waals surface area contributed by atoms with Crippen LogP contribution in [0.5, 0.6) is 6.01 Å². The molecule has 0 unspecified atom stereocenters. The maximum Gasteiger partial charge on any atom is 0.328 e. The Morgan fingerprint density at radius 3 is 3.00 bits per heavy atom. The number of hydrogen-bond donors (Lipinski definition) is 2. The molecule has 1 saturated heterocycles. The third kappa shape index (κ3) is 3.33. The van der Waals surface area contributed by atoms with Crippen LogP contribution in [-0.4, -0.2) is 57.9 Å². The lowest BCUT2D eigenvalue weighted by atomic mass is 10.2. The molecule has 0 amide bonds. The highest BCUT2D eigenvalue weighted by Crippen LogP contribution is 2.26. The predicted octanol–water partition coefficient (Wildman–Crippen LogP) is 1.64. The smallest absolute Gasteiger partial charge is 0.328 e. The second-order valence-corrected chi connectivity index (χ2v) is 6.12. The van der Waals surface area contributed by atoms with Gasteiger partial charge in [0.1, 0.15) is 6.04 Å². The standard InChI is InChI=1S/C17H19N7O3/c1-26-14(25)13-4-3-7-24(13)16-20-15(21-17(22-16)27-2)19-11-6-5-10-9-18-23-12(10)8-11/h5-6,8-9,13H,3-4,7H2,1-2H3,(H,18,23)(H,19,20,21,22)/t13-/m0/s1. The minimum atomic E-state index is -0.406. The second-order valence-electron chi connectivity index (χ2n) is 6.12. The van der Waals surface area contributed by atoms with Crippen LogP contribution in [0.1, 0.15) is 12.8 Å². The number of rotatable bonds is 5. The molecule has 1 atom stereocenters. The minimum Gasteiger partial charge on any atom is -0.467 e. The molecule has 0 aliphatic carbocycles. The molecule has 1 fully saturated rings. The van der Waals surface area contributed by atoms with Crippen molar-refractivity contribution in [1.29, 1.82) is 0 Å². The fourth-order valence-corrected chi connectivity index (χ4v) is 3.15. The highest BCUT2D eigenvalue weighted by atomic mass is 16.5. The molecule has 1 aliphatic heterocycles. The Balaban J connectivity index is 1.65. The lowest BCUT2D eigenvalue weighted by Gasteiger charge is -2.23. The molecule has 0 spiro atoms. The number of methoxy groups -OCH3 is 2. The maximum absolute atomic E-state index is 12.0. The number of esters is 1. The van der Waals surface area contributed by atoms with E-state index in [0.717, 1.165) is 23.0 Å². The summed E-state index contributed by atoms with van der Waals surface area (Å²) < 4.78 is 10.1. The van der Waals surface area contributed by atoms with Gasteiger partial charge in [0.2, 0.25) is 11.9 Å². The van der Waals surface area contributed by atoms with Crippen LogP contribution in [0.15, 0.2) is 24.4 Å². The van der Waals surface area contributed by atoms with Crippen LogP contribution in [0.25, 0.3) is 10.9 Å². The van der Waals surface area contributed by atoms with E-state index in [4.69, 9.17) is 9.47 Å². The fraction of sp³-hybridized carbons (Fsp3) is 0.353. The third-order valence-corrected chi connectivity index (χ3v) is 4.47. The zero-order valence-electron chi connectivity index (χ0n) is 15.0. The number of carbonyl (C=O) groups is 1. The van der Waals surface area contributed by atoms with Gasteiger partial charge in [-0.15, -0.1) is 0 Å². The van der Waals surface area contributed by atoms with E-state index in [9.17, 15) is 4.79 Å². The molecule has 1 aromatic carbocycles. The summed E-state index contributed by atoms with van der Waals surface area (Å²) in [6, 6.07) is 5.51. The van der Waals surface area contributed by atoms with Crippen LogP contribution < -0.4 is 15.0 Å². The van der Waals surface area contributed by atoms with E-state index in [1.165, 1.54) is 14.2 Å². The normalized spacial score (nSPS) is 16.5. The Hall–Kier alpha value is -3.43. The Kier molecular flexibility index (Phi) is 4.45. The Morgan fingerprint density at radius 2 is 2.19 bits per heavy atom. The van der Waals surface area contributed by atoms with Gasteiger partial charge in [0, 0.05) is 17.6 Å². The summed E-state index contributed by atoms with van der Waals surface area (Å²) in [5.74, 6) is 0.400. The molecule has 10 heteroatoms. The number of nitrogens with one attached hydrogen (secondary N) is 2. The van der Waals surface area contributed by atoms with Crippen molar-refractivity contribution in [3.05, 3.63) is 24.4 Å². The molecule has 3 heterocycles. The number of benzene rings is 1. The maximum atomic E-state index is 12.0. The van der Waals surface area contributed by atoms with Crippen molar-refractivity contribution in [2.24, 2.45) is 0 Å². The summed E-state index contributed by atoms with van der Waals surface area (Å²) in [7, 11) is 2.87. The minimum absolute atomic E-state index is 0.167. The molecule has 3 aromatic rings. The lowest BCUT2D eigenvalue weighted by Crippen LogP contribution is -2.38. The molecule has 0 radical (unpaired) electrons. The topological polar surface area (TPSA) is 118 Å². The summed E-state index contributed by atoms with van der Waals surface area (Å²) in [6.07, 6.45) is 3.30. The molecule has 2 N–H and O–H groups in total. The van der Waals surface area contributed by atoms with Gasteiger partial charge in [-0.25, -0.2) is 4.79 Å². The first-order valence-corrected chi connectivity index (χ1v) is 8.52. The van der Waals surface area contributed by atoms with E-state index in [1.54, 1.807) is 6.20 Å². The first-order valence-electron chi connectivity index (χ1n) is 8.52. The number of hydrogen-bond acceptors (Lipinski definition) is 9. The van der Waals surface area contributed by atoms with Crippen molar-refractivity contribution >= 4 is 34.5 Å². The van der Waals surface area contributed by atoms with Gasteiger partial charge < -0.3 is 19.7 Å². The van der Waals surface area contributed by atoms with Crippen LogP contribution in [0.4, 0.5) is 17.6 Å². The third-order valence-electron chi connectivity index (χ3n) is 4.47. The van der Waals surface area contributed by atoms with Crippen molar-refractivity contribution < 1.29 is 14.3 Å². The van der Waals surface area contributed by atoms with Gasteiger partial charge in [-0.2, -0.15) is 20.1 Å². The van der Waals surface area contributed by atoms with Gasteiger partial charge in [-0.1, -0.05) is 0 Å². The molecule has 10 nitrogen and oxygen atoms in total. The number of ether oxygens (including phenoxy) is 2. The van der Waals surface area contributed by atoms with Gasteiger partial charge in [-0.3, -0.25) is 5.10 Å². The quantitative estimate of drug-likeness (QED) is 0.647. The number of fused-ring (bicyclic) bond motifs is 1. The highest BCUT2D eigenvalue weighted by Gasteiger charge is 2.34. The van der Waals surface area contributed by atoms with Crippen molar-refractivity contribution in [3.63, 3.8) is 0 Å². The fourth-order valence-electron chi connectivity index (χ4n) is 3.15. The van der Waals surface area contributed by atoms with Crippen LogP contribution in [0.2, 0.25) is 0 Å². The van der Waals surface area contributed by atoms with Crippen molar-refractivity contribution in [2.45, 2.75) is 18.9 Å². The molecule has 0 bridgehead atoms. The number of aromatic amines is 1. The molecule has 27 heavy (non-hydrogen) atoms. The number of aromatic nitrogens is 5. The van der Waals surface area contributed by atoms with E-state index in [1.807, 2.05) is 23.1 Å². The molecular formula is C17H19N7O3. The predicted molar refractivity (Wildman–Crippen MR) is 98.1 cm³/mol. The Labute approximate surface area is 154 Å². The summed E-state index contributed by atoms with van der Waals surface area (Å²) in [5, 5.41) is 11.1. The van der Waals surface area contributed by atoms with Gasteiger partial charge in [0.05, 0.1) is 25.9 Å². The van der Waals surface area contributed by atoms with Crippen molar-refractivity contribution in [2.75, 3.05) is 31.0 Å². The summed E-state index contributed by atoms with van der Waals surface area (Å²) >= 11 is 0. The lowest BCUT2D eigenvalue weighted by molar-refractivity contribution is -0.141. The molecular weight excluding hydrogens is 350 g/mol. The van der Waals surface area contributed by atoms with Crippen LogP contribution in [0.3, 0.4) is 0 Å². The second kappa shape index (κ2) is 7.06. The van der Waals surface area contributed by atoms with Crippen molar-refractivity contribution in [1.82, 2.24) is 25.1 Å². The summed E-state index contributed by atoms with van der Waals surface area (Å²) in [6.45, 7) is 0.659. The zero-order chi connectivity index (χ0) is 18.8. The van der Waals surface area contributed by atoms with E-state index in [-0.39, 0.29) is 12.0 Å². The number of nitrogens with zero attached hydrogens (tertiary/aromatic N) is 5. The van der Waals surface area contributed by atoms with Gasteiger partial charge >= 0.3 is 12.0 Å². The van der Waals surface area contributed by atoms with E-state index in [0.29, 0.717) is 24.9 Å². The number of H-pyrrole nitrogens is 1. The van der Waals surface area contributed by atoms with Gasteiger partial charge in [-0.05, 0) is 31.0 Å². The summed E-state index contributed by atoms with van der Waals surface area (Å²) in [4.78, 5) is 26.9. The first kappa shape index (κ1) is 17.0. The van der Waals surface area contributed by atoms with Gasteiger partial charge in [0.25, 0.3) is 0 Å². The Morgan fingerprint density at radius 1 is 1.30 bits per heavy atom. The highest BCUT2D eigenvalue weighted by molar-refractivity contribution is 5.82. The van der Waals surface area contributed by atoms with E-state index >= 15 is 0 Å². The Bertz CT molecular complexity index is 974. The first-order chi connectivity index (χ1) is 13.2. The monoisotopic (exact) mass is 369 g/mol. The number of anilines is 3. The molecule has 4 rings (SSSR count). The zero-order valence-corrected chi connectivity index (χ0v) is 15.0. The largest absolute Gasteiger partial charge is 0.467 e. The number of carbonyl (C=O) groups excluding carboxylic acids is 1. The summed E-state index contributed by atoms with van der Waals surface area (Å²) in [5.41, 5.74) is 1.68. The van der Waals surface area contributed by atoms with Crippen LogP contribution in [-0.2, 0) is 9.53 Å². The van der Waals surface area contributed by atoms with E-state index in [2.05, 4.69) is 30.5 Å². The van der Waals surface area contributed by atoms with E-state index < -0.39 is 6.04 Å². The molecule has 2 aromatic heterocycles. The SMILES string of the molecule is COC(=O)[C@@H]1CCCN1c1nc(Nc2ccc3cn[nH]c3c2)nc(OC)n1.